The van der Waals surface area contributed by atoms with Crippen molar-refractivity contribution in [3.8, 4) is 0 Å². The van der Waals surface area contributed by atoms with Crippen LogP contribution in [0, 0.1) is 17.8 Å². The molecule has 0 N–H and O–H groups in total. The Morgan fingerprint density at radius 3 is 2.33 bits per heavy atom. The third-order valence-corrected chi connectivity index (χ3v) is 3.66. The summed E-state index contributed by atoms with van der Waals surface area (Å²) in [4.78, 5) is 2.67. The molecule has 1 heteroatoms. The monoisotopic (exact) mass is 211 g/mol. The number of hydrogen-bond donors (Lipinski definition) is 0. The van der Waals surface area contributed by atoms with E-state index in [4.69, 9.17) is 0 Å². The zero-order valence-corrected chi connectivity index (χ0v) is 11.3. The summed E-state index contributed by atoms with van der Waals surface area (Å²) in [6, 6.07) is 0.731. The minimum Gasteiger partial charge on any atom is -0.300 e. The van der Waals surface area contributed by atoms with Crippen LogP contribution in [0.1, 0.15) is 53.9 Å². The Bertz CT molecular complexity index is 174. The van der Waals surface area contributed by atoms with Gasteiger partial charge in [-0.1, -0.05) is 27.2 Å². The van der Waals surface area contributed by atoms with Crippen molar-refractivity contribution in [2.45, 2.75) is 59.9 Å². The van der Waals surface area contributed by atoms with Gasteiger partial charge in [0.05, 0.1) is 0 Å². The van der Waals surface area contributed by atoms with Gasteiger partial charge in [-0.3, -0.25) is 0 Å². The lowest BCUT2D eigenvalue weighted by Gasteiger charge is -2.39. The molecule has 0 spiro atoms. The third-order valence-electron chi connectivity index (χ3n) is 3.66. The van der Waals surface area contributed by atoms with Crippen molar-refractivity contribution in [1.29, 1.82) is 0 Å². The fourth-order valence-electron chi connectivity index (χ4n) is 2.72. The molecule has 2 unspecified atom stereocenters. The maximum absolute atomic E-state index is 2.67. The van der Waals surface area contributed by atoms with E-state index in [1.54, 1.807) is 0 Å². The summed E-state index contributed by atoms with van der Waals surface area (Å²) in [6.07, 6.45) is 4.30. The van der Waals surface area contributed by atoms with Gasteiger partial charge in [0.2, 0.25) is 0 Å². The zero-order chi connectivity index (χ0) is 11.4. The SMILES string of the molecule is CC(C)CCC1CC(C)CN(C(C)C)C1. The Labute approximate surface area is 96.2 Å². The Morgan fingerprint density at radius 1 is 1.13 bits per heavy atom. The molecule has 0 amide bonds. The van der Waals surface area contributed by atoms with Gasteiger partial charge in [0.15, 0.2) is 0 Å². The maximum Gasteiger partial charge on any atom is 0.00388 e. The van der Waals surface area contributed by atoms with Crippen LogP contribution in [-0.4, -0.2) is 24.0 Å². The number of hydrogen-bond acceptors (Lipinski definition) is 1. The van der Waals surface area contributed by atoms with Crippen LogP contribution in [0.25, 0.3) is 0 Å². The summed E-state index contributed by atoms with van der Waals surface area (Å²) in [5.74, 6) is 2.73. The van der Waals surface area contributed by atoms with Gasteiger partial charge in [0.25, 0.3) is 0 Å². The first kappa shape index (κ1) is 13.0. The number of piperidine rings is 1. The quantitative estimate of drug-likeness (QED) is 0.684. The van der Waals surface area contributed by atoms with E-state index in [2.05, 4.69) is 39.5 Å². The van der Waals surface area contributed by atoms with E-state index in [9.17, 15) is 0 Å². The van der Waals surface area contributed by atoms with Crippen LogP contribution in [0.4, 0.5) is 0 Å². The third kappa shape index (κ3) is 4.55. The van der Waals surface area contributed by atoms with Crippen LogP contribution >= 0.6 is 0 Å². The molecular weight excluding hydrogens is 182 g/mol. The minimum atomic E-state index is 0.731. The molecule has 0 aromatic carbocycles. The van der Waals surface area contributed by atoms with Crippen molar-refractivity contribution in [2.75, 3.05) is 13.1 Å². The second-order valence-electron chi connectivity index (χ2n) is 6.23. The molecule has 0 aromatic heterocycles. The predicted octanol–water partition coefficient (Wildman–Crippen LogP) is 3.79. The van der Waals surface area contributed by atoms with Gasteiger partial charge in [0, 0.05) is 19.1 Å². The van der Waals surface area contributed by atoms with Gasteiger partial charge < -0.3 is 4.90 Å². The molecule has 1 rings (SSSR count). The van der Waals surface area contributed by atoms with Gasteiger partial charge in [-0.2, -0.15) is 0 Å². The van der Waals surface area contributed by atoms with Gasteiger partial charge >= 0.3 is 0 Å². The van der Waals surface area contributed by atoms with Gasteiger partial charge in [0.1, 0.15) is 0 Å². The lowest BCUT2D eigenvalue weighted by molar-refractivity contribution is 0.0966. The predicted molar refractivity (Wildman–Crippen MR) is 68.1 cm³/mol. The van der Waals surface area contributed by atoms with Crippen molar-refractivity contribution in [3.05, 3.63) is 0 Å². The van der Waals surface area contributed by atoms with Gasteiger partial charge in [-0.15, -0.1) is 0 Å². The molecule has 0 saturated carbocycles. The van der Waals surface area contributed by atoms with Crippen molar-refractivity contribution in [1.82, 2.24) is 4.90 Å². The summed E-state index contributed by atoms with van der Waals surface area (Å²) in [5, 5.41) is 0. The van der Waals surface area contributed by atoms with Crippen molar-refractivity contribution in [3.63, 3.8) is 0 Å². The summed E-state index contributed by atoms with van der Waals surface area (Å²) in [7, 11) is 0. The normalized spacial score (nSPS) is 29.0. The Kier molecular flexibility index (Phi) is 5.11. The molecule has 15 heavy (non-hydrogen) atoms. The van der Waals surface area contributed by atoms with Crippen LogP contribution in [0.3, 0.4) is 0 Å². The minimum absolute atomic E-state index is 0.731. The topological polar surface area (TPSA) is 3.24 Å². The van der Waals surface area contributed by atoms with Crippen LogP contribution in [0.5, 0.6) is 0 Å². The molecule has 1 fully saturated rings. The molecule has 2 atom stereocenters. The van der Waals surface area contributed by atoms with Gasteiger partial charge in [-0.05, 0) is 44.4 Å². The van der Waals surface area contributed by atoms with Crippen molar-refractivity contribution >= 4 is 0 Å². The lowest BCUT2D eigenvalue weighted by atomic mass is 9.85. The molecule has 1 aliphatic heterocycles. The largest absolute Gasteiger partial charge is 0.300 e. The Hall–Kier alpha value is -0.0400. The zero-order valence-electron chi connectivity index (χ0n) is 11.3. The lowest BCUT2D eigenvalue weighted by Crippen LogP contribution is -2.43. The molecular formula is C14H29N. The van der Waals surface area contributed by atoms with Crippen molar-refractivity contribution in [2.24, 2.45) is 17.8 Å². The van der Waals surface area contributed by atoms with E-state index in [1.165, 1.54) is 32.4 Å². The second-order valence-corrected chi connectivity index (χ2v) is 6.23. The first-order valence-electron chi connectivity index (χ1n) is 6.73. The Balaban J connectivity index is 2.37. The molecule has 0 aliphatic carbocycles. The molecule has 90 valence electrons. The van der Waals surface area contributed by atoms with E-state index in [1.807, 2.05) is 0 Å². The first-order chi connectivity index (χ1) is 6.99. The van der Waals surface area contributed by atoms with Gasteiger partial charge in [-0.25, -0.2) is 0 Å². The van der Waals surface area contributed by atoms with E-state index in [0.717, 1.165) is 23.8 Å². The van der Waals surface area contributed by atoms with Crippen LogP contribution in [-0.2, 0) is 0 Å². The van der Waals surface area contributed by atoms with Crippen LogP contribution in [0.15, 0.2) is 0 Å². The highest BCUT2D eigenvalue weighted by atomic mass is 15.2. The molecule has 1 heterocycles. The molecule has 1 aliphatic rings. The molecule has 0 radical (unpaired) electrons. The highest BCUT2D eigenvalue weighted by Gasteiger charge is 2.25. The molecule has 1 saturated heterocycles. The summed E-state index contributed by atoms with van der Waals surface area (Å²) >= 11 is 0. The van der Waals surface area contributed by atoms with Crippen LogP contribution in [0.2, 0.25) is 0 Å². The van der Waals surface area contributed by atoms with E-state index in [-0.39, 0.29) is 0 Å². The maximum atomic E-state index is 2.67. The molecule has 0 bridgehead atoms. The summed E-state index contributed by atoms with van der Waals surface area (Å²) in [6.45, 7) is 14.4. The standard InChI is InChI=1S/C14H29N/c1-11(2)6-7-14-8-13(5)9-15(10-14)12(3)4/h11-14H,6-10H2,1-5H3. The Morgan fingerprint density at radius 2 is 1.80 bits per heavy atom. The fourth-order valence-corrected chi connectivity index (χ4v) is 2.72. The van der Waals surface area contributed by atoms with E-state index in [0.29, 0.717) is 0 Å². The first-order valence-corrected chi connectivity index (χ1v) is 6.73. The number of nitrogens with zero attached hydrogens (tertiary/aromatic N) is 1. The van der Waals surface area contributed by atoms with Crippen molar-refractivity contribution < 1.29 is 0 Å². The second kappa shape index (κ2) is 5.89. The van der Waals surface area contributed by atoms with E-state index < -0.39 is 0 Å². The molecule has 0 aromatic rings. The highest BCUT2D eigenvalue weighted by Crippen LogP contribution is 2.27. The smallest absolute Gasteiger partial charge is 0.00388 e. The number of likely N-dealkylation sites (tertiary alicyclic amines) is 1. The summed E-state index contributed by atoms with van der Waals surface area (Å²) < 4.78 is 0. The fraction of sp³-hybridized carbons (Fsp3) is 1.00. The average molecular weight is 211 g/mol. The van der Waals surface area contributed by atoms with Crippen LogP contribution < -0.4 is 0 Å². The van der Waals surface area contributed by atoms with E-state index >= 15 is 0 Å². The average Bonchev–Trinajstić information content (AvgIpc) is 2.13. The molecule has 1 nitrogen and oxygen atoms in total. The summed E-state index contributed by atoms with van der Waals surface area (Å²) in [5.41, 5.74) is 0. The highest BCUT2D eigenvalue weighted by molar-refractivity contribution is 4.79. The number of rotatable bonds is 4.